The molecule has 4 rings (SSSR count). The van der Waals surface area contributed by atoms with E-state index < -0.39 is 0 Å². The Balaban J connectivity index is 1.31. The number of hydrogen-bond acceptors (Lipinski definition) is 6. The number of benzene rings is 1. The first-order chi connectivity index (χ1) is 13.2. The van der Waals surface area contributed by atoms with Crippen LogP contribution in [0.3, 0.4) is 0 Å². The molecule has 2 aliphatic rings. The minimum Gasteiger partial charge on any atom is -0.381 e. The van der Waals surface area contributed by atoms with Gasteiger partial charge in [0.1, 0.15) is 0 Å². The van der Waals surface area contributed by atoms with Crippen molar-refractivity contribution in [1.29, 1.82) is 0 Å². The molecule has 1 N–H and O–H groups in total. The van der Waals surface area contributed by atoms with Gasteiger partial charge in [0.15, 0.2) is 0 Å². The molecule has 0 spiro atoms. The van der Waals surface area contributed by atoms with E-state index in [4.69, 9.17) is 9.26 Å². The highest BCUT2D eigenvalue weighted by Gasteiger charge is 2.38. The molecule has 2 aliphatic heterocycles. The maximum Gasteiger partial charge on any atom is 0.246 e. The number of nitrogens with zero attached hydrogens (tertiary/aromatic N) is 3. The van der Waals surface area contributed by atoms with Crippen LogP contribution in [0.25, 0.3) is 11.4 Å². The quantitative estimate of drug-likeness (QED) is 0.854. The molecule has 3 heterocycles. The molecule has 0 saturated carbocycles. The highest BCUT2D eigenvalue weighted by Crippen LogP contribution is 2.25. The minimum atomic E-state index is -0.336. The first-order valence-electron chi connectivity index (χ1n) is 9.23. The molecule has 1 aromatic carbocycles. The van der Waals surface area contributed by atoms with Crippen molar-refractivity contribution in [2.75, 3.05) is 19.8 Å². The van der Waals surface area contributed by atoms with Crippen LogP contribution in [0.5, 0.6) is 0 Å². The van der Waals surface area contributed by atoms with E-state index in [0.29, 0.717) is 31.5 Å². The van der Waals surface area contributed by atoms with Gasteiger partial charge in [-0.1, -0.05) is 35.5 Å². The molecule has 27 heavy (non-hydrogen) atoms. The van der Waals surface area contributed by atoms with E-state index in [0.717, 1.165) is 18.4 Å². The summed E-state index contributed by atoms with van der Waals surface area (Å²) in [5.74, 6) is 0.384. The van der Waals surface area contributed by atoms with Gasteiger partial charge in [0.2, 0.25) is 23.5 Å². The molecule has 2 amide bonds. The highest BCUT2D eigenvalue weighted by atomic mass is 16.5. The van der Waals surface area contributed by atoms with Crippen molar-refractivity contribution >= 4 is 11.8 Å². The van der Waals surface area contributed by atoms with Gasteiger partial charge >= 0.3 is 0 Å². The number of likely N-dealkylation sites (tertiary alicyclic amines) is 1. The van der Waals surface area contributed by atoms with Crippen LogP contribution in [0, 0.1) is 5.92 Å². The van der Waals surface area contributed by atoms with E-state index in [1.54, 1.807) is 0 Å². The van der Waals surface area contributed by atoms with Gasteiger partial charge in [-0.3, -0.25) is 9.59 Å². The second-order valence-corrected chi connectivity index (χ2v) is 6.89. The molecule has 1 unspecified atom stereocenters. The van der Waals surface area contributed by atoms with Crippen LogP contribution >= 0.6 is 0 Å². The molecular formula is C19H22N4O4. The van der Waals surface area contributed by atoms with Crippen molar-refractivity contribution in [3.63, 3.8) is 0 Å². The fourth-order valence-corrected chi connectivity index (χ4v) is 3.60. The van der Waals surface area contributed by atoms with Gasteiger partial charge in [-0.05, 0) is 12.8 Å². The maximum absolute atomic E-state index is 12.5. The topological polar surface area (TPSA) is 97.6 Å². The number of ether oxygens (including phenoxy) is 1. The van der Waals surface area contributed by atoms with E-state index in [-0.39, 0.29) is 36.7 Å². The van der Waals surface area contributed by atoms with Crippen LogP contribution in [0.15, 0.2) is 34.9 Å². The van der Waals surface area contributed by atoms with Crippen molar-refractivity contribution in [2.24, 2.45) is 5.92 Å². The molecule has 1 atom stereocenters. The zero-order valence-corrected chi connectivity index (χ0v) is 15.0. The zero-order chi connectivity index (χ0) is 18.6. The first kappa shape index (κ1) is 17.7. The van der Waals surface area contributed by atoms with Crippen molar-refractivity contribution in [1.82, 2.24) is 20.4 Å². The Morgan fingerprint density at radius 1 is 1.22 bits per heavy atom. The fraction of sp³-hybridized carbons (Fsp3) is 0.474. The molecule has 2 aromatic rings. The molecule has 2 fully saturated rings. The van der Waals surface area contributed by atoms with E-state index >= 15 is 0 Å². The van der Waals surface area contributed by atoms with Crippen molar-refractivity contribution in [3.8, 4) is 11.4 Å². The normalized spacial score (nSPS) is 20.8. The van der Waals surface area contributed by atoms with Gasteiger partial charge < -0.3 is 19.5 Å². The summed E-state index contributed by atoms with van der Waals surface area (Å²) in [5, 5.41) is 6.75. The van der Waals surface area contributed by atoms with Gasteiger partial charge in [0, 0.05) is 37.8 Å². The molecule has 0 radical (unpaired) electrons. The lowest BCUT2D eigenvalue weighted by atomic mass is 10.1. The summed E-state index contributed by atoms with van der Waals surface area (Å²) in [6.07, 6.45) is 1.93. The van der Waals surface area contributed by atoms with E-state index in [1.165, 1.54) is 0 Å². The fourth-order valence-electron chi connectivity index (χ4n) is 3.60. The molecule has 0 aliphatic carbocycles. The summed E-state index contributed by atoms with van der Waals surface area (Å²) in [6.45, 7) is 1.97. The SMILES string of the molecule is O=C(NCc1nc(-c2ccccc2)no1)C1CC(=O)N(C2CCOCC2)C1. The standard InChI is InChI=1S/C19H22N4O4/c24-17-10-14(12-23(17)15-6-8-26-9-7-15)19(25)20-11-16-21-18(22-27-16)13-4-2-1-3-5-13/h1-5,14-15H,6-12H2,(H,20,25). The third kappa shape index (κ3) is 4.00. The number of aromatic nitrogens is 2. The predicted octanol–water partition coefficient (Wildman–Crippen LogP) is 1.38. The lowest BCUT2D eigenvalue weighted by molar-refractivity contribution is -0.131. The molecule has 2 saturated heterocycles. The maximum atomic E-state index is 12.5. The van der Waals surface area contributed by atoms with E-state index in [2.05, 4.69) is 15.5 Å². The minimum absolute atomic E-state index is 0.0474. The van der Waals surface area contributed by atoms with Crippen LogP contribution in [0.1, 0.15) is 25.2 Å². The summed E-state index contributed by atoms with van der Waals surface area (Å²) in [4.78, 5) is 30.9. The van der Waals surface area contributed by atoms with Crippen LogP contribution in [-0.2, 0) is 20.9 Å². The van der Waals surface area contributed by atoms with E-state index in [1.807, 2.05) is 35.2 Å². The Morgan fingerprint density at radius 2 is 2.00 bits per heavy atom. The smallest absolute Gasteiger partial charge is 0.246 e. The third-order valence-corrected chi connectivity index (χ3v) is 5.07. The summed E-state index contributed by atoms with van der Waals surface area (Å²) in [5.41, 5.74) is 0.854. The number of hydrogen-bond donors (Lipinski definition) is 1. The van der Waals surface area contributed by atoms with E-state index in [9.17, 15) is 9.59 Å². The van der Waals surface area contributed by atoms with Crippen LogP contribution in [0.4, 0.5) is 0 Å². The number of carbonyl (C=O) groups is 2. The summed E-state index contributed by atoms with van der Waals surface area (Å²) in [7, 11) is 0. The zero-order valence-electron chi connectivity index (χ0n) is 15.0. The number of carbonyl (C=O) groups excluding carboxylic acids is 2. The summed E-state index contributed by atoms with van der Waals surface area (Å²) < 4.78 is 10.6. The largest absolute Gasteiger partial charge is 0.381 e. The number of rotatable bonds is 5. The van der Waals surface area contributed by atoms with Gasteiger partial charge in [-0.2, -0.15) is 4.98 Å². The Labute approximate surface area is 156 Å². The van der Waals surface area contributed by atoms with Crippen LogP contribution < -0.4 is 5.32 Å². The van der Waals surface area contributed by atoms with Gasteiger partial charge in [-0.25, -0.2) is 0 Å². The molecular weight excluding hydrogens is 348 g/mol. The Hall–Kier alpha value is -2.74. The second-order valence-electron chi connectivity index (χ2n) is 6.89. The Kier molecular flexibility index (Phi) is 5.15. The molecule has 0 bridgehead atoms. The lowest BCUT2D eigenvalue weighted by Gasteiger charge is -2.31. The number of nitrogens with one attached hydrogen (secondary N) is 1. The molecule has 1 aromatic heterocycles. The van der Waals surface area contributed by atoms with Crippen molar-refractivity contribution in [2.45, 2.75) is 31.8 Å². The highest BCUT2D eigenvalue weighted by molar-refractivity contribution is 5.89. The van der Waals surface area contributed by atoms with Gasteiger partial charge in [0.05, 0.1) is 12.5 Å². The average Bonchev–Trinajstić information content (AvgIpc) is 3.34. The summed E-state index contributed by atoms with van der Waals surface area (Å²) >= 11 is 0. The van der Waals surface area contributed by atoms with Crippen molar-refractivity contribution < 1.29 is 18.8 Å². The first-order valence-corrected chi connectivity index (χ1v) is 9.23. The second kappa shape index (κ2) is 7.87. The molecule has 142 valence electrons. The average molecular weight is 370 g/mol. The Morgan fingerprint density at radius 3 is 2.78 bits per heavy atom. The summed E-state index contributed by atoms with van der Waals surface area (Å²) in [6, 6.07) is 9.68. The monoisotopic (exact) mass is 370 g/mol. The van der Waals surface area contributed by atoms with Crippen LogP contribution in [0.2, 0.25) is 0 Å². The van der Waals surface area contributed by atoms with Crippen molar-refractivity contribution in [3.05, 3.63) is 36.2 Å². The Bertz CT molecular complexity index is 801. The lowest BCUT2D eigenvalue weighted by Crippen LogP contribution is -2.41. The van der Waals surface area contributed by atoms with Gasteiger partial charge in [0.25, 0.3) is 0 Å². The predicted molar refractivity (Wildman–Crippen MR) is 95.2 cm³/mol. The molecule has 8 heteroatoms. The van der Waals surface area contributed by atoms with Gasteiger partial charge in [-0.15, -0.1) is 0 Å². The molecule has 8 nitrogen and oxygen atoms in total. The third-order valence-electron chi connectivity index (χ3n) is 5.07. The number of amides is 2. The van der Waals surface area contributed by atoms with Crippen LogP contribution in [-0.4, -0.2) is 52.7 Å².